The number of pyridine rings is 1. The highest BCUT2D eigenvalue weighted by Gasteiger charge is 2.04. The van der Waals surface area contributed by atoms with Crippen molar-refractivity contribution in [1.82, 2.24) is 15.0 Å². The molecule has 6 nitrogen and oxygen atoms in total. The number of rotatable bonds is 2. The molecule has 2 aromatic heterocycles. The van der Waals surface area contributed by atoms with E-state index in [1.54, 1.807) is 18.2 Å². The SMILES string of the molecule is Nc1cnc(Cl)cc1Nc1ccc2[nH]c(=O)[nH]c2c1. The highest BCUT2D eigenvalue weighted by atomic mass is 35.5. The number of fused-ring (bicyclic) bond motifs is 1. The summed E-state index contributed by atoms with van der Waals surface area (Å²) in [6, 6.07) is 7.08. The van der Waals surface area contributed by atoms with Gasteiger partial charge in [-0.3, -0.25) is 0 Å². The maximum absolute atomic E-state index is 11.2. The number of imidazole rings is 1. The number of nitrogens with two attached hydrogens (primary N) is 1. The van der Waals surface area contributed by atoms with Gasteiger partial charge in [-0.15, -0.1) is 0 Å². The average Bonchev–Trinajstić information content (AvgIpc) is 2.73. The molecule has 0 amide bonds. The molecule has 96 valence electrons. The van der Waals surface area contributed by atoms with E-state index in [1.165, 1.54) is 6.20 Å². The largest absolute Gasteiger partial charge is 0.396 e. The Morgan fingerprint density at radius 3 is 2.84 bits per heavy atom. The lowest BCUT2D eigenvalue weighted by Crippen LogP contribution is -1.99. The minimum Gasteiger partial charge on any atom is -0.396 e. The first-order valence-electron chi connectivity index (χ1n) is 5.52. The van der Waals surface area contributed by atoms with Crippen LogP contribution in [-0.4, -0.2) is 15.0 Å². The van der Waals surface area contributed by atoms with E-state index in [0.717, 1.165) is 11.2 Å². The summed E-state index contributed by atoms with van der Waals surface area (Å²) < 4.78 is 0. The van der Waals surface area contributed by atoms with Crippen molar-refractivity contribution in [3.05, 3.63) is 46.1 Å². The summed E-state index contributed by atoms with van der Waals surface area (Å²) in [5.74, 6) is 0. The van der Waals surface area contributed by atoms with Crippen molar-refractivity contribution in [2.24, 2.45) is 0 Å². The van der Waals surface area contributed by atoms with Gasteiger partial charge in [0.2, 0.25) is 0 Å². The zero-order valence-corrected chi connectivity index (χ0v) is 10.5. The second-order valence-electron chi connectivity index (χ2n) is 4.06. The number of benzene rings is 1. The van der Waals surface area contributed by atoms with E-state index in [-0.39, 0.29) is 5.69 Å². The molecule has 2 heterocycles. The van der Waals surface area contributed by atoms with Crippen molar-refractivity contribution in [1.29, 1.82) is 0 Å². The zero-order valence-electron chi connectivity index (χ0n) is 9.70. The van der Waals surface area contributed by atoms with Crippen LogP contribution in [0.4, 0.5) is 17.1 Å². The first-order chi connectivity index (χ1) is 9.11. The minimum atomic E-state index is -0.237. The number of nitrogen functional groups attached to an aromatic ring is 1. The van der Waals surface area contributed by atoms with Crippen LogP contribution in [0.1, 0.15) is 0 Å². The number of halogens is 1. The third kappa shape index (κ3) is 2.25. The lowest BCUT2D eigenvalue weighted by Gasteiger charge is -2.09. The summed E-state index contributed by atoms with van der Waals surface area (Å²) in [5, 5.41) is 3.48. The topological polar surface area (TPSA) is 99.6 Å². The quantitative estimate of drug-likeness (QED) is 0.539. The standard InChI is InChI=1S/C12H10ClN5O/c13-11-4-9(7(14)5-15-11)16-6-1-2-8-10(3-6)18-12(19)17-8/h1-5H,14H2,(H,15,16)(H2,17,18,19). The van der Waals surface area contributed by atoms with E-state index < -0.39 is 0 Å². The monoisotopic (exact) mass is 275 g/mol. The number of nitrogens with one attached hydrogen (secondary N) is 3. The van der Waals surface area contributed by atoms with Gasteiger partial charge in [0.15, 0.2) is 0 Å². The summed E-state index contributed by atoms with van der Waals surface area (Å²) in [4.78, 5) is 20.4. The number of hydrogen-bond acceptors (Lipinski definition) is 4. The molecule has 0 aliphatic rings. The van der Waals surface area contributed by atoms with Gasteiger partial charge in [-0.1, -0.05) is 11.6 Å². The Morgan fingerprint density at radius 1 is 1.21 bits per heavy atom. The number of hydrogen-bond donors (Lipinski definition) is 4. The van der Waals surface area contributed by atoms with Crippen LogP contribution in [-0.2, 0) is 0 Å². The molecule has 3 aromatic rings. The predicted octanol–water partition coefficient (Wildman–Crippen LogP) is 2.23. The van der Waals surface area contributed by atoms with Crippen LogP contribution >= 0.6 is 11.6 Å². The van der Waals surface area contributed by atoms with E-state index in [4.69, 9.17) is 17.3 Å². The van der Waals surface area contributed by atoms with E-state index in [1.807, 2.05) is 6.07 Å². The Bertz CT molecular complexity index is 807. The Balaban J connectivity index is 2.00. The smallest absolute Gasteiger partial charge is 0.323 e. The Labute approximate surface area is 112 Å². The molecule has 1 aromatic carbocycles. The van der Waals surface area contributed by atoms with Gasteiger partial charge in [0, 0.05) is 11.8 Å². The molecule has 0 spiro atoms. The van der Waals surface area contributed by atoms with Gasteiger partial charge < -0.3 is 21.0 Å². The van der Waals surface area contributed by atoms with Crippen molar-refractivity contribution in [3.8, 4) is 0 Å². The first kappa shape index (κ1) is 11.6. The van der Waals surface area contributed by atoms with Crippen LogP contribution in [0, 0.1) is 0 Å². The molecule has 5 N–H and O–H groups in total. The van der Waals surface area contributed by atoms with Gasteiger partial charge in [-0.05, 0) is 18.2 Å². The molecule has 0 aliphatic heterocycles. The highest BCUT2D eigenvalue weighted by molar-refractivity contribution is 6.29. The summed E-state index contributed by atoms with van der Waals surface area (Å²) in [6.07, 6.45) is 1.49. The Kier molecular flexibility index (Phi) is 2.64. The van der Waals surface area contributed by atoms with Crippen molar-refractivity contribution in [3.63, 3.8) is 0 Å². The fourth-order valence-electron chi connectivity index (χ4n) is 1.81. The van der Waals surface area contributed by atoms with Crippen molar-refractivity contribution in [2.45, 2.75) is 0 Å². The Hall–Kier alpha value is -2.47. The molecular formula is C12H10ClN5O. The minimum absolute atomic E-state index is 0.237. The van der Waals surface area contributed by atoms with Gasteiger partial charge in [-0.2, -0.15) is 0 Å². The number of nitrogens with zero attached hydrogens (tertiary/aromatic N) is 1. The van der Waals surface area contributed by atoms with Crippen LogP contribution in [0.2, 0.25) is 5.15 Å². The predicted molar refractivity (Wildman–Crippen MR) is 75.9 cm³/mol. The molecule has 0 fully saturated rings. The van der Waals surface area contributed by atoms with Crippen LogP contribution in [0.15, 0.2) is 35.3 Å². The molecule has 19 heavy (non-hydrogen) atoms. The molecule has 0 bridgehead atoms. The third-order valence-electron chi connectivity index (χ3n) is 2.70. The number of anilines is 3. The summed E-state index contributed by atoms with van der Waals surface area (Å²) in [6.45, 7) is 0. The molecule has 3 rings (SSSR count). The normalized spacial score (nSPS) is 10.8. The fourth-order valence-corrected chi connectivity index (χ4v) is 1.97. The van der Waals surface area contributed by atoms with Crippen LogP contribution in [0.3, 0.4) is 0 Å². The second kappa shape index (κ2) is 4.33. The van der Waals surface area contributed by atoms with Crippen LogP contribution < -0.4 is 16.7 Å². The van der Waals surface area contributed by atoms with Crippen molar-refractivity contribution >= 4 is 39.7 Å². The number of aromatic amines is 2. The zero-order chi connectivity index (χ0) is 13.4. The maximum Gasteiger partial charge on any atom is 0.323 e. The van der Waals surface area contributed by atoms with Gasteiger partial charge >= 0.3 is 5.69 Å². The second-order valence-corrected chi connectivity index (χ2v) is 4.45. The summed E-state index contributed by atoms with van der Waals surface area (Å²) in [5.41, 5.74) is 8.98. The van der Waals surface area contributed by atoms with Crippen molar-refractivity contribution < 1.29 is 0 Å². The van der Waals surface area contributed by atoms with Gasteiger partial charge in [0.1, 0.15) is 5.15 Å². The van der Waals surface area contributed by atoms with Gasteiger partial charge in [-0.25, -0.2) is 9.78 Å². The van der Waals surface area contributed by atoms with Gasteiger partial charge in [0.25, 0.3) is 0 Å². The molecule has 7 heteroatoms. The molecule has 0 saturated carbocycles. The van der Waals surface area contributed by atoms with Gasteiger partial charge in [0.05, 0.1) is 28.6 Å². The summed E-state index contributed by atoms with van der Waals surface area (Å²) in [7, 11) is 0. The molecule has 0 radical (unpaired) electrons. The molecule has 0 saturated heterocycles. The fraction of sp³-hybridized carbons (Fsp3) is 0. The number of aromatic nitrogens is 3. The molecular weight excluding hydrogens is 266 g/mol. The molecule has 0 atom stereocenters. The number of H-pyrrole nitrogens is 2. The Morgan fingerprint density at radius 2 is 2.00 bits per heavy atom. The van der Waals surface area contributed by atoms with E-state index >= 15 is 0 Å². The van der Waals surface area contributed by atoms with Crippen LogP contribution in [0.25, 0.3) is 11.0 Å². The van der Waals surface area contributed by atoms with E-state index in [2.05, 4.69) is 20.3 Å². The average molecular weight is 276 g/mol. The van der Waals surface area contributed by atoms with E-state index in [9.17, 15) is 4.79 Å². The lowest BCUT2D eigenvalue weighted by molar-refractivity contribution is 1.22. The first-order valence-corrected chi connectivity index (χ1v) is 5.90. The maximum atomic E-state index is 11.2. The molecule has 0 aliphatic carbocycles. The van der Waals surface area contributed by atoms with Crippen molar-refractivity contribution in [2.75, 3.05) is 11.1 Å². The summed E-state index contributed by atoms with van der Waals surface area (Å²) >= 11 is 5.82. The third-order valence-corrected chi connectivity index (χ3v) is 2.90. The highest BCUT2D eigenvalue weighted by Crippen LogP contribution is 2.25. The lowest BCUT2D eigenvalue weighted by atomic mass is 10.2. The van der Waals surface area contributed by atoms with E-state index in [0.29, 0.717) is 22.0 Å². The molecule has 0 unspecified atom stereocenters. The van der Waals surface area contributed by atoms with Crippen LogP contribution in [0.5, 0.6) is 0 Å².